The molecular weight excluding hydrogens is 252 g/mol. The van der Waals surface area contributed by atoms with Crippen LogP contribution in [0.2, 0.25) is 5.02 Å². The van der Waals surface area contributed by atoms with Gasteiger partial charge in [0.2, 0.25) is 0 Å². The summed E-state index contributed by atoms with van der Waals surface area (Å²) in [5, 5.41) is 12.3. The molecule has 0 aromatic heterocycles. The number of aryl methyl sites for hydroxylation is 1. The van der Waals surface area contributed by atoms with E-state index in [-0.39, 0.29) is 5.84 Å². The second-order valence-electron chi connectivity index (χ2n) is 4.90. The van der Waals surface area contributed by atoms with Gasteiger partial charge < -0.3 is 15.7 Å². The third kappa shape index (κ3) is 3.81. The summed E-state index contributed by atoms with van der Waals surface area (Å²) in [6, 6.07) is 5.63. The average molecular weight is 271 g/mol. The molecule has 0 aliphatic carbocycles. The molecule has 100 valence electrons. The Balaban J connectivity index is 2.57. The van der Waals surface area contributed by atoms with Crippen LogP contribution in [0.1, 0.15) is 25.8 Å². The Morgan fingerprint density at radius 3 is 2.72 bits per heavy atom. The normalized spacial score (nSPS) is 12.6. The van der Waals surface area contributed by atoms with Crippen LogP contribution >= 0.6 is 11.6 Å². The van der Waals surface area contributed by atoms with Gasteiger partial charge in [0.05, 0.1) is 11.6 Å². The summed E-state index contributed by atoms with van der Waals surface area (Å²) >= 11 is 6.06. The Morgan fingerprint density at radius 1 is 1.50 bits per heavy atom. The van der Waals surface area contributed by atoms with Crippen LogP contribution in [0.5, 0.6) is 5.75 Å². The van der Waals surface area contributed by atoms with Crippen molar-refractivity contribution in [2.45, 2.75) is 27.2 Å². The smallest absolute Gasteiger partial charge is 0.144 e. The van der Waals surface area contributed by atoms with Gasteiger partial charge in [0.1, 0.15) is 11.6 Å². The Bertz CT molecular complexity index is 445. The molecule has 1 aromatic rings. The monoisotopic (exact) mass is 270 g/mol. The van der Waals surface area contributed by atoms with Gasteiger partial charge in [-0.25, -0.2) is 0 Å². The first kappa shape index (κ1) is 14.6. The molecule has 0 radical (unpaired) electrons. The average Bonchev–Trinajstić information content (AvgIpc) is 2.30. The van der Waals surface area contributed by atoms with E-state index in [1.807, 2.05) is 39.0 Å². The van der Waals surface area contributed by atoms with Crippen LogP contribution in [0.3, 0.4) is 0 Å². The molecule has 0 fully saturated rings. The quantitative estimate of drug-likeness (QED) is 0.374. The summed E-state index contributed by atoms with van der Waals surface area (Å²) in [6.07, 6.45) is 0.632. The lowest BCUT2D eigenvalue weighted by molar-refractivity contribution is 0.259. The summed E-state index contributed by atoms with van der Waals surface area (Å²) in [5.74, 6) is 0.846. The molecular formula is C13H19ClN2O2. The van der Waals surface area contributed by atoms with Crippen LogP contribution in [0, 0.1) is 12.3 Å². The molecule has 0 atom stereocenters. The molecule has 4 nitrogen and oxygen atoms in total. The maximum atomic E-state index is 8.66. The fourth-order valence-electron chi connectivity index (χ4n) is 1.40. The summed E-state index contributed by atoms with van der Waals surface area (Å²) in [7, 11) is 0. The van der Waals surface area contributed by atoms with Crippen molar-refractivity contribution in [1.29, 1.82) is 0 Å². The zero-order valence-corrected chi connectivity index (χ0v) is 11.7. The summed E-state index contributed by atoms with van der Waals surface area (Å²) in [5.41, 5.74) is 6.27. The lowest BCUT2D eigenvalue weighted by atomic mass is 9.88. The van der Waals surface area contributed by atoms with Gasteiger partial charge in [0.25, 0.3) is 0 Å². The molecule has 0 heterocycles. The van der Waals surface area contributed by atoms with Gasteiger partial charge in [-0.1, -0.05) is 36.7 Å². The topological polar surface area (TPSA) is 67.8 Å². The Kier molecular flexibility index (Phi) is 4.84. The third-order valence-corrected chi connectivity index (χ3v) is 3.17. The van der Waals surface area contributed by atoms with E-state index >= 15 is 0 Å². The molecule has 1 aromatic carbocycles. The molecule has 3 N–H and O–H groups in total. The second-order valence-corrected chi connectivity index (χ2v) is 5.31. The van der Waals surface area contributed by atoms with Gasteiger partial charge in [0, 0.05) is 5.41 Å². The van der Waals surface area contributed by atoms with Crippen LogP contribution < -0.4 is 10.5 Å². The van der Waals surface area contributed by atoms with Crippen molar-refractivity contribution < 1.29 is 9.94 Å². The van der Waals surface area contributed by atoms with Crippen molar-refractivity contribution in [2.24, 2.45) is 16.3 Å². The van der Waals surface area contributed by atoms with Crippen LogP contribution in [-0.4, -0.2) is 17.6 Å². The maximum Gasteiger partial charge on any atom is 0.144 e. The minimum atomic E-state index is -0.411. The molecule has 0 saturated heterocycles. The highest BCUT2D eigenvalue weighted by molar-refractivity contribution is 6.32. The Labute approximate surface area is 112 Å². The first-order valence-electron chi connectivity index (χ1n) is 5.74. The predicted molar refractivity (Wildman–Crippen MR) is 73.5 cm³/mol. The third-order valence-electron chi connectivity index (χ3n) is 2.87. The van der Waals surface area contributed by atoms with Crippen LogP contribution in [-0.2, 0) is 0 Å². The number of benzene rings is 1. The molecule has 0 spiro atoms. The van der Waals surface area contributed by atoms with E-state index in [1.54, 1.807) is 0 Å². The van der Waals surface area contributed by atoms with E-state index < -0.39 is 5.41 Å². The van der Waals surface area contributed by atoms with Crippen LogP contribution in [0.4, 0.5) is 0 Å². The molecule has 0 unspecified atom stereocenters. The van der Waals surface area contributed by atoms with Crippen molar-refractivity contribution in [3.8, 4) is 5.75 Å². The zero-order chi connectivity index (χ0) is 13.8. The molecule has 0 saturated carbocycles. The highest BCUT2D eigenvalue weighted by Crippen LogP contribution is 2.27. The van der Waals surface area contributed by atoms with Gasteiger partial charge in [-0.3, -0.25) is 0 Å². The summed E-state index contributed by atoms with van der Waals surface area (Å²) < 4.78 is 5.60. The molecule has 1 rings (SSSR count). The number of oxime groups is 1. The number of halogens is 1. The van der Waals surface area contributed by atoms with Gasteiger partial charge in [0.15, 0.2) is 0 Å². The molecule has 0 aliphatic heterocycles. The standard InChI is InChI=1S/C13H19ClN2O2/c1-9-4-5-11(10(14)8-9)18-7-6-13(2,3)12(15)16-17/h4-5,8,17H,6-7H2,1-3H3,(H2,15,16). The molecule has 0 bridgehead atoms. The van der Waals surface area contributed by atoms with Crippen molar-refractivity contribution in [1.82, 2.24) is 0 Å². The van der Waals surface area contributed by atoms with E-state index in [9.17, 15) is 0 Å². The second kappa shape index (κ2) is 5.96. The van der Waals surface area contributed by atoms with Crippen molar-refractivity contribution in [3.05, 3.63) is 28.8 Å². The Hall–Kier alpha value is -1.42. The van der Waals surface area contributed by atoms with E-state index in [0.29, 0.717) is 23.8 Å². The largest absolute Gasteiger partial charge is 0.492 e. The number of amidine groups is 1. The van der Waals surface area contributed by atoms with Crippen molar-refractivity contribution in [2.75, 3.05) is 6.61 Å². The minimum Gasteiger partial charge on any atom is -0.492 e. The number of ether oxygens (including phenoxy) is 1. The molecule has 5 heteroatoms. The van der Waals surface area contributed by atoms with Gasteiger partial charge >= 0.3 is 0 Å². The SMILES string of the molecule is Cc1ccc(OCCC(C)(C)C(N)=NO)c(Cl)c1. The number of rotatable bonds is 5. The maximum absolute atomic E-state index is 8.66. The first-order valence-corrected chi connectivity index (χ1v) is 6.11. The van der Waals surface area contributed by atoms with Crippen LogP contribution in [0.15, 0.2) is 23.4 Å². The van der Waals surface area contributed by atoms with E-state index in [2.05, 4.69) is 5.16 Å². The fourth-order valence-corrected chi connectivity index (χ4v) is 1.69. The van der Waals surface area contributed by atoms with Crippen molar-refractivity contribution in [3.63, 3.8) is 0 Å². The first-order chi connectivity index (χ1) is 8.36. The van der Waals surface area contributed by atoms with Gasteiger partial charge in [-0.15, -0.1) is 0 Å². The van der Waals surface area contributed by atoms with E-state index in [1.165, 1.54) is 0 Å². The van der Waals surface area contributed by atoms with Crippen LogP contribution in [0.25, 0.3) is 0 Å². The zero-order valence-electron chi connectivity index (χ0n) is 10.9. The lowest BCUT2D eigenvalue weighted by Crippen LogP contribution is -2.33. The molecule has 0 aliphatic rings. The van der Waals surface area contributed by atoms with E-state index in [0.717, 1.165) is 5.56 Å². The Morgan fingerprint density at radius 2 is 2.17 bits per heavy atom. The number of nitrogens with two attached hydrogens (primary N) is 1. The molecule has 18 heavy (non-hydrogen) atoms. The van der Waals surface area contributed by atoms with E-state index in [4.69, 9.17) is 27.3 Å². The lowest BCUT2D eigenvalue weighted by Gasteiger charge is -2.22. The van der Waals surface area contributed by atoms with Gasteiger partial charge in [-0.05, 0) is 31.0 Å². The number of hydrogen-bond donors (Lipinski definition) is 2. The summed E-state index contributed by atoms with van der Waals surface area (Å²) in [4.78, 5) is 0. The number of hydrogen-bond acceptors (Lipinski definition) is 3. The molecule has 0 amide bonds. The predicted octanol–water partition coefficient (Wildman–Crippen LogP) is 3.19. The highest BCUT2D eigenvalue weighted by Gasteiger charge is 2.23. The highest BCUT2D eigenvalue weighted by atomic mass is 35.5. The fraction of sp³-hybridized carbons (Fsp3) is 0.462. The van der Waals surface area contributed by atoms with Gasteiger partial charge in [-0.2, -0.15) is 0 Å². The number of nitrogens with zero attached hydrogens (tertiary/aromatic N) is 1. The van der Waals surface area contributed by atoms with Crippen molar-refractivity contribution >= 4 is 17.4 Å². The minimum absolute atomic E-state index is 0.195. The summed E-state index contributed by atoms with van der Waals surface area (Å²) in [6.45, 7) is 6.20.